The molecule has 1 aliphatic heterocycles. The molecule has 0 radical (unpaired) electrons. The van der Waals surface area contributed by atoms with Crippen molar-refractivity contribution in [3.63, 3.8) is 0 Å². The van der Waals surface area contributed by atoms with E-state index in [-0.39, 0.29) is 0 Å². The topological polar surface area (TPSA) is 44.5 Å². The van der Waals surface area contributed by atoms with Crippen LogP contribution in [0.15, 0.2) is 12.1 Å². The first-order valence-corrected chi connectivity index (χ1v) is 5.98. The standard InChI is InChI=1S/C12H16ClNO2/c13-10-4-5-11-12(9(10)3-1-6-14)16-8-2-7-15-11/h4-5H,1-3,6-8,14H2. The van der Waals surface area contributed by atoms with Gasteiger partial charge in [-0.15, -0.1) is 0 Å². The Labute approximate surface area is 100 Å². The van der Waals surface area contributed by atoms with Crippen molar-refractivity contribution >= 4 is 11.6 Å². The predicted molar refractivity (Wildman–Crippen MR) is 64.4 cm³/mol. The van der Waals surface area contributed by atoms with Gasteiger partial charge in [-0.2, -0.15) is 0 Å². The molecule has 0 amide bonds. The first-order valence-electron chi connectivity index (χ1n) is 5.60. The molecule has 0 aliphatic carbocycles. The fraction of sp³-hybridized carbons (Fsp3) is 0.500. The van der Waals surface area contributed by atoms with Crippen molar-refractivity contribution in [3.05, 3.63) is 22.7 Å². The highest BCUT2D eigenvalue weighted by Crippen LogP contribution is 2.38. The van der Waals surface area contributed by atoms with Gasteiger partial charge >= 0.3 is 0 Å². The van der Waals surface area contributed by atoms with E-state index in [1.165, 1.54) is 0 Å². The Balaban J connectivity index is 2.32. The number of ether oxygens (including phenoxy) is 2. The summed E-state index contributed by atoms with van der Waals surface area (Å²) < 4.78 is 11.3. The molecule has 2 rings (SSSR count). The molecule has 4 heteroatoms. The molecular weight excluding hydrogens is 226 g/mol. The lowest BCUT2D eigenvalue weighted by molar-refractivity contribution is 0.296. The van der Waals surface area contributed by atoms with E-state index in [0.717, 1.165) is 41.3 Å². The molecule has 0 saturated carbocycles. The van der Waals surface area contributed by atoms with Gasteiger partial charge in [0.25, 0.3) is 0 Å². The third-order valence-electron chi connectivity index (χ3n) is 2.59. The van der Waals surface area contributed by atoms with Crippen LogP contribution in [0.4, 0.5) is 0 Å². The Morgan fingerprint density at radius 2 is 2.06 bits per heavy atom. The van der Waals surface area contributed by atoms with E-state index in [0.29, 0.717) is 19.8 Å². The fourth-order valence-corrected chi connectivity index (χ4v) is 2.02. The third-order valence-corrected chi connectivity index (χ3v) is 2.94. The van der Waals surface area contributed by atoms with E-state index >= 15 is 0 Å². The monoisotopic (exact) mass is 241 g/mol. The molecule has 1 aromatic carbocycles. The van der Waals surface area contributed by atoms with Gasteiger partial charge in [-0.25, -0.2) is 0 Å². The Morgan fingerprint density at radius 1 is 1.25 bits per heavy atom. The summed E-state index contributed by atoms with van der Waals surface area (Å²) in [7, 11) is 0. The Kier molecular flexibility index (Phi) is 3.91. The van der Waals surface area contributed by atoms with Crippen LogP contribution in [-0.2, 0) is 6.42 Å². The molecule has 3 nitrogen and oxygen atoms in total. The van der Waals surface area contributed by atoms with Crippen LogP contribution < -0.4 is 15.2 Å². The molecule has 0 saturated heterocycles. The number of rotatable bonds is 3. The number of halogens is 1. The van der Waals surface area contributed by atoms with Gasteiger partial charge in [-0.3, -0.25) is 0 Å². The van der Waals surface area contributed by atoms with Gasteiger partial charge in [-0.1, -0.05) is 11.6 Å². The van der Waals surface area contributed by atoms with E-state index in [1.54, 1.807) is 0 Å². The van der Waals surface area contributed by atoms with Gasteiger partial charge in [0.1, 0.15) is 0 Å². The zero-order valence-electron chi connectivity index (χ0n) is 9.17. The predicted octanol–water partition coefficient (Wildman–Crippen LogP) is 2.39. The van der Waals surface area contributed by atoms with Crippen LogP contribution in [0.2, 0.25) is 5.02 Å². The SMILES string of the molecule is NCCCc1c(Cl)ccc2c1OCCCO2. The molecule has 16 heavy (non-hydrogen) atoms. The van der Waals surface area contributed by atoms with Crippen LogP contribution in [0.25, 0.3) is 0 Å². The fourth-order valence-electron chi connectivity index (χ4n) is 1.78. The molecule has 1 aliphatic rings. The normalized spacial score (nSPS) is 14.6. The van der Waals surface area contributed by atoms with Gasteiger partial charge in [0.05, 0.1) is 13.2 Å². The summed E-state index contributed by atoms with van der Waals surface area (Å²) in [5.74, 6) is 1.60. The van der Waals surface area contributed by atoms with E-state index in [4.69, 9.17) is 26.8 Å². The van der Waals surface area contributed by atoms with Gasteiger partial charge in [-0.05, 0) is 31.5 Å². The molecule has 0 bridgehead atoms. The number of hydrogen-bond acceptors (Lipinski definition) is 3. The molecule has 2 N–H and O–H groups in total. The second kappa shape index (κ2) is 5.41. The van der Waals surface area contributed by atoms with E-state index in [2.05, 4.69) is 0 Å². The third kappa shape index (κ3) is 2.42. The summed E-state index contributed by atoms with van der Waals surface area (Å²) in [6, 6.07) is 3.73. The molecule has 0 unspecified atom stereocenters. The summed E-state index contributed by atoms with van der Waals surface area (Å²) in [4.78, 5) is 0. The van der Waals surface area contributed by atoms with E-state index < -0.39 is 0 Å². The lowest BCUT2D eigenvalue weighted by atomic mass is 10.1. The zero-order valence-corrected chi connectivity index (χ0v) is 9.93. The van der Waals surface area contributed by atoms with Crippen LogP contribution >= 0.6 is 11.6 Å². The van der Waals surface area contributed by atoms with Crippen LogP contribution in [0.1, 0.15) is 18.4 Å². The minimum atomic E-state index is 0.654. The Bertz CT molecular complexity index is 368. The second-order valence-electron chi connectivity index (χ2n) is 3.80. The average molecular weight is 242 g/mol. The zero-order chi connectivity index (χ0) is 11.4. The van der Waals surface area contributed by atoms with E-state index in [9.17, 15) is 0 Å². The molecule has 0 aromatic heterocycles. The summed E-state index contributed by atoms with van der Waals surface area (Å²) in [5, 5.41) is 0.734. The summed E-state index contributed by atoms with van der Waals surface area (Å²) in [6.45, 7) is 2.04. The van der Waals surface area contributed by atoms with Gasteiger partial charge in [0.15, 0.2) is 11.5 Å². The van der Waals surface area contributed by atoms with Crippen molar-refractivity contribution in [2.45, 2.75) is 19.3 Å². The molecule has 0 spiro atoms. The number of fused-ring (bicyclic) bond motifs is 1. The molecule has 0 fully saturated rings. The first kappa shape index (κ1) is 11.6. The highest BCUT2D eigenvalue weighted by Gasteiger charge is 2.17. The minimum absolute atomic E-state index is 0.654. The van der Waals surface area contributed by atoms with Gasteiger partial charge < -0.3 is 15.2 Å². The largest absolute Gasteiger partial charge is 0.490 e. The van der Waals surface area contributed by atoms with Crippen molar-refractivity contribution in [1.29, 1.82) is 0 Å². The molecular formula is C12H16ClNO2. The maximum atomic E-state index is 6.17. The van der Waals surface area contributed by atoms with Crippen molar-refractivity contribution in [2.24, 2.45) is 5.73 Å². The quantitative estimate of drug-likeness (QED) is 0.884. The van der Waals surface area contributed by atoms with Gasteiger partial charge in [0, 0.05) is 17.0 Å². The number of benzene rings is 1. The minimum Gasteiger partial charge on any atom is -0.490 e. The van der Waals surface area contributed by atoms with E-state index in [1.807, 2.05) is 12.1 Å². The maximum absolute atomic E-state index is 6.17. The number of nitrogens with two attached hydrogens (primary N) is 1. The van der Waals surface area contributed by atoms with Crippen molar-refractivity contribution < 1.29 is 9.47 Å². The summed E-state index contributed by atoms with van der Waals surface area (Å²) in [5.41, 5.74) is 6.54. The summed E-state index contributed by atoms with van der Waals surface area (Å²) in [6.07, 6.45) is 2.64. The van der Waals surface area contributed by atoms with Gasteiger partial charge in [0.2, 0.25) is 0 Å². The van der Waals surface area contributed by atoms with Crippen molar-refractivity contribution in [2.75, 3.05) is 19.8 Å². The van der Waals surface area contributed by atoms with Crippen LogP contribution in [0.5, 0.6) is 11.5 Å². The lowest BCUT2D eigenvalue weighted by Crippen LogP contribution is -2.03. The second-order valence-corrected chi connectivity index (χ2v) is 4.20. The molecule has 1 heterocycles. The summed E-state index contributed by atoms with van der Waals surface area (Å²) >= 11 is 6.17. The Morgan fingerprint density at radius 3 is 2.88 bits per heavy atom. The average Bonchev–Trinajstić information content (AvgIpc) is 2.53. The number of hydrogen-bond donors (Lipinski definition) is 1. The van der Waals surface area contributed by atoms with Crippen molar-refractivity contribution in [1.82, 2.24) is 0 Å². The lowest BCUT2D eigenvalue weighted by Gasteiger charge is -2.13. The molecule has 88 valence electrons. The van der Waals surface area contributed by atoms with Crippen LogP contribution in [0, 0.1) is 0 Å². The molecule has 0 atom stereocenters. The highest BCUT2D eigenvalue weighted by molar-refractivity contribution is 6.31. The first-order chi connectivity index (χ1) is 7.83. The smallest absolute Gasteiger partial charge is 0.165 e. The maximum Gasteiger partial charge on any atom is 0.165 e. The van der Waals surface area contributed by atoms with Crippen molar-refractivity contribution in [3.8, 4) is 11.5 Å². The van der Waals surface area contributed by atoms with Crippen LogP contribution in [0.3, 0.4) is 0 Å². The highest BCUT2D eigenvalue weighted by atomic mass is 35.5. The Hall–Kier alpha value is -0.930. The molecule has 1 aromatic rings. The van der Waals surface area contributed by atoms with Crippen LogP contribution in [-0.4, -0.2) is 19.8 Å².